The van der Waals surface area contributed by atoms with Crippen LogP contribution < -0.4 is 10.6 Å². The number of aliphatic carboxylic acids is 1. The van der Waals surface area contributed by atoms with Gasteiger partial charge < -0.3 is 20.5 Å². The Bertz CT molecular complexity index is 953. The Labute approximate surface area is 180 Å². The molecular weight excluding hydrogens is 396 g/mol. The molecule has 0 atom stereocenters. The molecule has 0 heterocycles. The summed E-state index contributed by atoms with van der Waals surface area (Å²) in [4.78, 5) is 35.3. The summed E-state index contributed by atoms with van der Waals surface area (Å²) in [5, 5.41) is 14.2. The van der Waals surface area contributed by atoms with E-state index < -0.39 is 17.5 Å². The zero-order chi connectivity index (χ0) is 21.8. The number of nitrogens with one attached hydrogen (secondary N) is 2. The largest absolute Gasteiger partial charge is 0.481 e. The third kappa shape index (κ3) is 4.55. The summed E-state index contributed by atoms with van der Waals surface area (Å²) in [6, 6.07) is 16.3. The quantitative estimate of drug-likeness (QED) is 0.538. The number of carboxylic acids is 1. The van der Waals surface area contributed by atoms with E-state index in [4.69, 9.17) is 9.84 Å². The van der Waals surface area contributed by atoms with Crippen molar-refractivity contribution in [3.8, 4) is 11.1 Å². The smallest absolute Gasteiger partial charge is 0.407 e. The van der Waals surface area contributed by atoms with Gasteiger partial charge >= 0.3 is 12.1 Å². The number of carbonyl (C=O) groups is 3. The maximum atomic E-state index is 12.4. The molecular formula is C24H26N2O5. The highest BCUT2D eigenvalue weighted by atomic mass is 16.5. The van der Waals surface area contributed by atoms with E-state index >= 15 is 0 Å². The van der Waals surface area contributed by atoms with Crippen molar-refractivity contribution >= 4 is 18.0 Å². The molecule has 0 spiro atoms. The monoisotopic (exact) mass is 422 g/mol. The minimum Gasteiger partial charge on any atom is -0.481 e. The topological polar surface area (TPSA) is 105 Å². The van der Waals surface area contributed by atoms with Crippen molar-refractivity contribution < 1.29 is 24.2 Å². The lowest BCUT2D eigenvalue weighted by Gasteiger charge is -2.17. The molecule has 1 fully saturated rings. The van der Waals surface area contributed by atoms with Crippen LogP contribution in [0.15, 0.2) is 48.5 Å². The first-order chi connectivity index (χ1) is 15.0. The number of hydrogen-bond acceptors (Lipinski definition) is 4. The normalized spacial score (nSPS) is 15.5. The van der Waals surface area contributed by atoms with Gasteiger partial charge in [0.1, 0.15) is 6.61 Å². The number of benzene rings is 2. The van der Waals surface area contributed by atoms with Crippen LogP contribution in [0.4, 0.5) is 4.79 Å². The van der Waals surface area contributed by atoms with Gasteiger partial charge in [0.15, 0.2) is 0 Å². The van der Waals surface area contributed by atoms with Crippen LogP contribution >= 0.6 is 0 Å². The van der Waals surface area contributed by atoms with Gasteiger partial charge in [-0.15, -0.1) is 0 Å². The zero-order valence-corrected chi connectivity index (χ0v) is 17.2. The molecule has 0 unspecified atom stereocenters. The summed E-state index contributed by atoms with van der Waals surface area (Å²) in [5.74, 6) is -1.03. The Morgan fingerprint density at radius 2 is 1.58 bits per heavy atom. The highest BCUT2D eigenvalue weighted by Crippen LogP contribution is 2.46. The van der Waals surface area contributed by atoms with E-state index in [1.807, 2.05) is 24.3 Å². The fourth-order valence-electron chi connectivity index (χ4n) is 4.15. The van der Waals surface area contributed by atoms with E-state index in [0.29, 0.717) is 25.8 Å². The molecule has 2 amide bonds. The molecule has 2 aromatic rings. The van der Waals surface area contributed by atoms with Gasteiger partial charge in [-0.1, -0.05) is 48.5 Å². The number of alkyl carbamates (subject to hydrolysis) is 1. The number of fused-ring (bicyclic) bond motifs is 3. The van der Waals surface area contributed by atoms with Gasteiger partial charge in [-0.25, -0.2) is 4.79 Å². The lowest BCUT2D eigenvalue weighted by Crippen LogP contribution is -2.41. The number of hydrogen-bond donors (Lipinski definition) is 3. The second kappa shape index (κ2) is 8.79. The second-order valence-corrected chi connectivity index (χ2v) is 8.21. The number of carboxylic acid groups (broad SMARTS) is 1. The van der Waals surface area contributed by atoms with Gasteiger partial charge in [0, 0.05) is 25.4 Å². The van der Waals surface area contributed by atoms with Crippen LogP contribution in [-0.4, -0.2) is 42.8 Å². The summed E-state index contributed by atoms with van der Waals surface area (Å²) >= 11 is 0. The zero-order valence-electron chi connectivity index (χ0n) is 17.2. The first kappa shape index (κ1) is 20.9. The summed E-state index contributed by atoms with van der Waals surface area (Å²) in [7, 11) is 0. The molecule has 0 aliphatic heterocycles. The minimum absolute atomic E-state index is 0.00873. The van der Waals surface area contributed by atoms with E-state index in [2.05, 4.69) is 34.9 Å². The fourth-order valence-corrected chi connectivity index (χ4v) is 4.15. The average molecular weight is 422 g/mol. The maximum Gasteiger partial charge on any atom is 0.407 e. The van der Waals surface area contributed by atoms with E-state index in [1.54, 1.807) is 0 Å². The van der Waals surface area contributed by atoms with Gasteiger partial charge in [-0.05, 0) is 41.5 Å². The van der Waals surface area contributed by atoms with Crippen LogP contribution in [-0.2, 0) is 14.3 Å². The number of ether oxygens (including phenoxy) is 1. The van der Waals surface area contributed by atoms with Crippen molar-refractivity contribution in [3.63, 3.8) is 0 Å². The Hall–Kier alpha value is -3.35. The van der Waals surface area contributed by atoms with E-state index in [0.717, 1.165) is 11.1 Å². The van der Waals surface area contributed by atoms with Crippen LogP contribution in [0, 0.1) is 5.41 Å². The van der Waals surface area contributed by atoms with Crippen molar-refractivity contribution in [2.45, 2.75) is 31.6 Å². The third-order valence-electron chi connectivity index (χ3n) is 6.10. The highest BCUT2D eigenvalue weighted by Gasteiger charge is 2.49. The van der Waals surface area contributed by atoms with Crippen LogP contribution in [0.5, 0.6) is 0 Å². The molecule has 0 aromatic heterocycles. The van der Waals surface area contributed by atoms with Gasteiger partial charge in [0.2, 0.25) is 5.91 Å². The van der Waals surface area contributed by atoms with Gasteiger partial charge in [0.25, 0.3) is 0 Å². The first-order valence-electron chi connectivity index (χ1n) is 10.6. The summed E-state index contributed by atoms with van der Waals surface area (Å²) in [6.07, 6.45) is 1.26. The standard InChI is InChI=1S/C24H26N2O5/c27-21(28)10-5-13-25-22(29)24(11-12-24)15-26-23(30)31-14-20-18-8-3-1-6-16(18)17-7-2-4-9-19(17)20/h1-4,6-9,20H,5,10-15H2,(H,25,29)(H,26,30)(H,27,28). The van der Waals surface area contributed by atoms with E-state index in [9.17, 15) is 14.4 Å². The Morgan fingerprint density at radius 3 is 2.16 bits per heavy atom. The van der Waals surface area contributed by atoms with Gasteiger partial charge in [-0.2, -0.15) is 0 Å². The van der Waals surface area contributed by atoms with Crippen molar-refractivity contribution in [1.82, 2.24) is 10.6 Å². The lowest BCUT2D eigenvalue weighted by molar-refractivity contribution is -0.137. The van der Waals surface area contributed by atoms with Gasteiger partial charge in [0.05, 0.1) is 5.41 Å². The maximum absolute atomic E-state index is 12.4. The van der Waals surface area contributed by atoms with Crippen molar-refractivity contribution in [1.29, 1.82) is 0 Å². The molecule has 162 valence electrons. The Balaban J connectivity index is 1.28. The average Bonchev–Trinajstić information content (AvgIpc) is 3.50. The SMILES string of the molecule is O=C(O)CCCNC(=O)C1(CNC(=O)OCC2c3ccccc3-c3ccccc32)CC1. The summed E-state index contributed by atoms with van der Waals surface area (Å²) in [5.41, 5.74) is 4.04. The van der Waals surface area contributed by atoms with Crippen molar-refractivity contribution in [2.75, 3.05) is 19.7 Å². The number of rotatable bonds is 9. The Morgan fingerprint density at radius 1 is 0.968 bits per heavy atom. The highest BCUT2D eigenvalue weighted by molar-refractivity contribution is 5.86. The summed E-state index contributed by atoms with van der Waals surface area (Å²) in [6.45, 7) is 0.764. The molecule has 2 aromatic carbocycles. The van der Waals surface area contributed by atoms with Crippen LogP contribution in [0.2, 0.25) is 0 Å². The number of carbonyl (C=O) groups excluding carboxylic acids is 2. The summed E-state index contributed by atoms with van der Waals surface area (Å²) < 4.78 is 5.52. The predicted molar refractivity (Wildman–Crippen MR) is 115 cm³/mol. The fraction of sp³-hybridized carbons (Fsp3) is 0.375. The first-order valence-corrected chi connectivity index (χ1v) is 10.6. The molecule has 7 nitrogen and oxygen atoms in total. The van der Waals surface area contributed by atoms with E-state index in [-0.39, 0.29) is 31.4 Å². The Kier molecular flexibility index (Phi) is 5.93. The van der Waals surface area contributed by atoms with E-state index in [1.165, 1.54) is 11.1 Å². The van der Waals surface area contributed by atoms with Crippen LogP contribution in [0.3, 0.4) is 0 Å². The molecule has 0 bridgehead atoms. The van der Waals surface area contributed by atoms with Gasteiger partial charge in [-0.3, -0.25) is 9.59 Å². The molecule has 2 aliphatic carbocycles. The molecule has 31 heavy (non-hydrogen) atoms. The van der Waals surface area contributed by atoms with Crippen molar-refractivity contribution in [2.24, 2.45) is 5.41 Å². The molecule has 0 saturated heterocycles. The van der Waals surface area contributed by atoms with Crippen LogP contribution in [0.1, 0.15) is 42.7 Å². The second-order valence-electron chi connectivity index (χ2n) is 8.21. The number of amides is 2. The minimum atomic E-state index is -0.882. The molecule has 3 N–H and O–H groups in total. The molecule has 4 rings (SSSR count). The van der Waals surface area contributed by atoms with Crippen molar-refractivity contribution in [3.05, 3.63) is 59.7 Å². The third-order valence-corrected chi connectivity index (χ3v) is 6.10. The van der Waals surface area contributed by atoms with Crippen LogP contribution in [0.25, 0.3) is 11.1 Å². The predicted octanol–water partition coefficient (Wildman–Crippen LogP) is 3.29. The molecule has 2 aliphatic rings. The molecule has 7 heteroatoms. The lowest BCUT2D eigenvalue weighted by atomic mass is 9.98. The molecule has 1 saturated carbocycles. The molecule has 0 radical (unpaired) electrons.